The SMILES string of the molecule is CC1OC(=O)C[C@@H]2[C@@]3(C)Cc4cnoc4C(C)(C)[C@@H]3CC[C@@]2(C)[C@]1(C)CCC1(C=O)CCC(C)(C)CC1. The molecule has 1 saturated heterocycles. The van der Waals surface area contributed by atoms with Crippen LogP contribution >= 0.6 is 0 Å². The molecule has 0 spiro atoms. The Hall–Kier alpha value is -1.65. The molecule has 206 valence electrons. The van der Waals surface area contributed by atoms with Crippen molar-refractivity contribution >= 4 is 12.3 Å². The van der Waals surface area contributed by atoms with Crippen molar-refractivity contribution in [1.82, 2.24) is 5.16 Å². The molecule has 6 atom stereocenters. The molecule has 0 amide bonds. The number of rotatable bonds is 4. The van der Waals surface area contributed by atoms with Crippen molar-refractivity contribution in [2.75, 3.05) is 0 Å². The van der Waals surface area contributed by atoms with Gasteiger partial charge in [0.2, 0.25) is 0 Å². The summed E-state index contributed by atoms with van der Waals surface area (Å²) in [4.78, 5) is 25.9. The van der Waals surface area contributed by atoms with E-state index in [0.717, 1.165) is 63.5 Å². The Kier molecular flexibility index (Phi) is 6.13. The van der Waals surface area contributed by atoms with Crippen LogP contribution in [0, 0.1) is 38.9 Å². The standard InChI is InChI=1S/C32H49NO4/c1-21-30(7,13-16-32(20-34)14-11-27(2,3)12-15-32)31(8)10-9-23-28(4,5)26-22(19-33-37-26)18-29(23,6)24(31)17-25(35)36-21/h19-21,23-24H,9-18H2,1-8H3/t21?,23-,24+,29-,30+,31+/m0/s1. The molecule has 0 bridgehead atoms. The molecular formula is C32H49NO4. The minimum Gasteiger partial charge on any atom is -0.462 e. The largest absolute Gasteiger partial charge is 0.462 e. The van der Waals surface area contributed by atoms with Gasteiger partial charge in [0.05, 0.1) is 6.20 Å². The highest BCUT2D eigenvalue weighted by Gasteiger charge is 2.67. The van der Waals surface area contributed by atoms with Crippen molar-refractivity contribution in [1.29, 1.82) is 0 Å². The summed E-state index contributed by atoms with van der Waals surface area (Å²) in [6.45, 7) is 18.6. The normalized spacial score (nSPS) is 41.9. The van der Waals surface area contributed by atoms with Crippen LogP contribution in [-0.2, 0) is 26.2 Å². The first-order chi connectivity index (χ1) is 17.1. The number of aromatic nitrogens is 1. The third kappa shape index (κ3) is 3.87. The Morgan fingerprint density at radius 3 is 2.30 bits per heavy atom. The number of esters is 1. The number of hydrogen-bond donors (Lipinski definition) is 0. The van der Waals surface area contributed by atoms with Crippen LogP contribution in [-0.4, -0.2) is 23.5 Å². The first kappa shape index (κ1) is 26.9. The maximum absolute atomic E-state index is 13.3. The zero-order valence-electron chi connectivity index (χ0n) is 24.5. The van der Waals surface area contributed by atoms with E-state index in [1.807, 2.05) is 6.20 Å². The van der Waals surface area contributed by atoms with Crippen LogP contribution in [0.1, 0.15) is 125 Å². The van der Waals surface area contributed by atoms with Crippen LogP contribution in [0.3, 0.4) is 0 Å². The van der Waals surface area contributed by atoms with E-state index in [0.29, 0.717) is 17.8 Å². The van der Waals surface area contributed by atoms with Crippen LogP contribution in [0.4, 0.5) is 0 Å². The van der Waals surface area contributed by atoms with E-state index in [1.54, 1.807) is 0 Å². The predicted molar refractivity (Wildman–Crippen MR) is 144 cm³/mol. The Morgan fingerprint density at radius 2 is 1.65 bits per heavy atom. The van der Waals surface area contributed by atoms with Crippen molar-refractivity contribution < 1.29 is 18.8 Å². The number of ether oxygens (including phenoxy) is 1. The number of hydrogen-bond acceptors (Lipinski definition) is 5. The Labute approximate surface area is 223 Å². The van der Waals surface area contributed by atoms with E-state index < -0.39 is 0 Å². The minimum absolute atomic E-state index is 0.0589. The summed E-state index contributed by atoms with van der Waals surface area (Å²) in [5.74, 6) is 1.57. The molecular weight excluding hydrogens is 462 g/mol. The third-order valence-corrected chi connectivity index (χ3v) is 12.9. The summed E-state index contributed by atoms with van der Waals surface area (Å²) in [7, 11) is 0. The van der Waals surface area contributed by atoms with Crippen molar-refractivity contribution in [3.05, 3.63) is 17.5 Å². The van der Waals surface area contributed by atoms with Gasteiger partial charge in [0.25, 0.3) is 0 Å². The van der Waals surface area contributed by atoms with E-state index in [4.69, 9.17) is 9.26 Å². The molecule has 5 rings (SSSR count). The van der Waals surface area contributed by atoms with Crippen molar-refractivity contribution in [2.24, 2.45) is 38.9 Å². The van der Waals surface area contributed by atoms with E-state index in [-0.39, 0.29) is 45.1 Å². The van der Waals surface area contributed by atoms with E-state index in [2.05, 4.69) is 60.5 Å². The first-order valence-corrected chi connectivity index (χ1v) is 14.7. The zero-order valence-corrected chi connectivity index (χ0v) is 24.5. The summed E-state index contributed by atoms with van der Waals surface area (Å²) >= 11 is 0. The summed E-state index contributed by atoms with van der Waals surface area (Å²) in [6.07, 6.45) is 12.4. The average Bonchev–Trinajstić information content (AvgIpc) is 3.27. The van der Waals surface area contributed by atoms with Gasteiger partial charge in [-0.15, -0.1) is 0 Å². The maximum Gasteiger partial charge on any atom is 0.306 e. The van der Waals surface area contributed by atoms with E-state index >= 15 is 0 Å². The molecule has 3 fully saturated rings. The molecule has 3 aliphatic carbocycles. The van der Waals surface area contributed by atoms with E-state index in [9.17, 15) is 9.59 Å². The van der Waals surface area contributed by atoms with Crippen LogP contribution in [0.5, 0.6) is 0 Å². The van der Waals surface area contributed by atoms with Gasteiger partial charge in [-0.05, 0) is 92.8 Å². The van der Waals surface area contributed by atoms with Crippen molar-refractivity contribution in [3.63, 3.8) is 0 Å². The number of fused-ring (bicyclic) bond motifs is 4. The molecule has 4 aliphatic rings. The monoisotopic (exact) mass is 511 g/mol. The molecule has 5 nitrogen and oxygen atoms in total. The Balaban J connectivity index is 1.52. The van der Waals surface area contributed by atoms with Gasteiger partial charge >= 0.3 is 5.97 Å². The second kappa shape index (κ2) is 8.42. The number of cyclic esters (lactones) is 1. The van der Waals surface area contributed by atoms with Crippen molar-refractivity contribution in [3.8, 4) is 0 Å². The summed E-state index contributed by atoms with van der Waals surface area (Å²) in [5, 5.41) is 4.19. The molecule has 1 unspecified atom stereocenters. The maximum atomic E-state index is 13.3. The van der Waals surface area contributed by atoms with Gasteiger partial charge in [0.1, 0.15) is 18.2 Å². The van der Waals surface area contributed by atoms with Gasteiger partial charge in [-0.1, -0.05) is 53.6 Å². The molecule has 37 heavy (non-hydrogen) atoms. The van der Waals surface area contributed by atoms with Gasteiger partial charge in [0, 0.05) is 28.2 Å². The Morgan fingerprint density at radius 1 is 0.973 bits per heavy atom. The fourth-order valence-electron chi connectivity index (χ4n) is 9.83. The third-order valence-electron chi connectivity index (χ3n) is 12.9. The van der Waals surface area contributed by atoms with Crippen LogP contribution in [0.25, 0.3) is 0 Å². The summed E-state index contributed by atoms with van der Waals surface area (Å²) in [6, 6.07) is 0. The lowest BCUT2D eigenvalue weighted by molar-refractivity contribution is -0.167. The molecule has 2 heterocycles. The molecule has 1 aromatic heterocycles. The van der Waals surface area contributed by atoms with Crippen LogP contribution in [0.15, 0.2) is 10.7 Å². The number of aldehydes is 1. The highest BCUT2D eigenvalue weighted by atomic mass is 16.5. The van der Waals surface area contributed by atoms with Gasteiger partial charge in [-0.2, -0.15) is 0 Å². The average molecular weight is 512 g/mol. The summed E-state index contributed by atoms with van der Waals surface area (Å²) < 4.78 is 12.0. The topological polar surface area (TPSA) is 69.4 Å². The fraction of sp³-hybridized carbons (Fsp3) is 0.844. The van der Waals surface area contributed by atoms with E-state index in [1.165, 1.54) is 11.8 Å². The molecule has 1 aromatic rings. The molecule has 0 radical (unpaired) electrons. The Bertz CT molecular complexity index is 1060. The molecule has 0 N–H and O–H groups in total. The van der Waals surface area contributed by atoms with Gasteiger partial charge in [-0.3, -0.25) is 4.79 Å². The number of carbonyl (C=O) groups excluding carboxylic acids is 2. The molecule has 1 aliphatic heterocycles. The number of nitrogens with zero attached hydrogens (tertiary/aromatic N) is 1. The molecule has 5 heteroatoms. The van der Waals surface area contributed by atoms with Gasteiger partial charge in [-0.25, -0.2) is 0 Å². The highest BCUT2D eigenvalue weighted by Crippen LogP contribution is 2.70. The highest BCUT2D eigenvalue weighted by molar-refractivity contribution is 5.71. The summed E-state index contributed by atoms with van der Waals surface area (Å²) in [5.41, 5.74) is 0.800. The fourth-order valence-corrected chi connectivity index (χ4v) is 9.83. The number of carbonyl (C=O) groups is 2. The first-order valence-electron chi connectivity index (χ1n) is 14.7. The lowest BCUT2D eigenvalue weighted by atomic mass is 9.38. The zero-order chi connectivity index (χ0) is 27.1. The molecule has 2 saturated carbocycles. The van der Waals surface area contributed by atoms with Gasteiger partial charge in [0.15, 0.2) is 0 Å². The van der Waals surface area contributed by atoms with Crippen LogP contribution in [0.2, 0.25) is 0 Å². The smallest absolute Gasteiger partial charge is 0.306 e. The van der Waals surface area contributed by atoms with Crippen molar-refractivity contribution in [2.45, 2.75) is 131 Å². The lowest BCUT2D eigenvalue weighted by Crippen LogP contribution is -2.61. The quantitative estimate of drug-likeness (QED) is 0.310. The minimum atomic E-state index is -0.244. The molecule has 0 aromatic carbocycles. The predicted octanol–water partition coefficient (Wildman–Crippen LogP) is 7.45. The van der Waals surface area contributed by atoms with Gasteiger partial charge < -0.3 is 14.1 Å². The van der Waals surface area contributed by atoms with Crippen LogP contribution < -0.4 is 0 Å². The second-order valence-electron chi connectivity index (χ2n) is 15.5. The second-order valence-corrected chi connectivity index (χ2v) is 15.5. The lowest BCUT2D eigenvalue weighted by Gasteiger charge is -2.65.